The quantitative estimate of drug-likeness (QED) is 0.614. The second-order valence-electron chi connectivity index (χ2n) is 9.28. The van der Waals surface area contributed by atoms with Crippen molar-refractivity contribution in [1.82, 2.24) is 9.21 Å². The highest BCUT2D eigenvalue weighted by Gasteiger charge is 2.35. The average Bonchev–Trinajstić information content (AvgIpc) is 2.85. The number of halogens is 3. The van der Waals surface area contributed by atoms with E-state index in [0.29, 0.717) is 57.8 Å². The molecule has 1 amide bonds. The van der Waals surface area contributed by atoms with Gasteiger partial charge >= 0.3 is 6.18 Å². The van der Waals surface area contributed by atoms with E-state index in [0.717, 1.165) is 23.3 Å². The SMILES string of the molecule is Cc1ccc(CS(=O)(=O)N2CCC(C(=O)N3CCN(c4cccc(C(F)(F)F)c4)CC3)CC2)cc1. The average molecular weight is 510 g/mol. The number of piperidine rings is 1. The molecule has 2 fully saturated rings. The van der Waals surface area contributed by atoms with E-state index in [1.807, 2.05) is 36.1 Å². The lowest BCUT2D eigenvalue weighted by molar-refractivity contribution is -0.137. The van der Waals surface area contributed by atoms with E-state index in [9.17, 15) is 26.4 Å². The molecule has 2 aromatic carbocycles. The third kappa shape index (κ3) is 6.16. The normalized spacial score (nSPS) is 18.6. The zero-order valence-corrected chi connectivity index (χ0v) is 20.5. The largest absolute Gasteiger partial charge is 0.416 e. The van der Waals surface area contributed by atoms with Gasteiger partial charge < -0.3 is 9.80 Å². The summed E-state index contributed by atoms with van der Waals surface area (Å²) in [6, 6.07) is 12.7. The summed E-state index contributed by atoms with van der Waals surface area (Å²) >= 11 is 0. The topological polar surface area (TPSA) is 60.9 Å². The van der Waals surface area contributed by atoms with Gasteiger partial charge in [-0.2, -0.15) is 13.2 Å². The first-order chi connectivity index (χ1) is 16.5. The number of aryl methyl sites for hydroxylation is 1. The van der Waals surface area contributed by atoms with Crippen LogP contribution in [0.25, 0.3) is 0 Å². The van der Waals surface area contributed by atoms with Crippen LogP contribution < -0.4 is 4.90 Å². The number of hydrogen-bond donors (Lipinski definition) is 0. The van der Waals surface area contributed by atoms with Crippen LogP contribution in [-0.4, -0.2) is 62.8 Å². The van der Waals surface area contributed by atoms with Gasteiger partial charge in [-0.05, 0) is 43.5 Å². The second-order valence-corrected chi connectivity index (χ2v) is 11.2. The van der Waals surface area contributed by atoms with Gasteiger partial charge in [0.2, 0.25) is 15.9 Å². The summed E-state index contributed by atoms with van der Waals surface area (Å²) in [5.74, 6) is -0.283. The molecule has 4 rings (SSSR count). The van der Waals surface area contributed by atoms with Crippen LogP contribution in [0.2, 0.25) is 0 Å². The van der Waals surface area contributed by atoms with Crippen molar-refractivity contribution in [1.29, 1.82) is 0 Å². The summed E-state index contributed by atoms with van der Waals surface area (Å²) in [7, 11) is -3.45. The molecule has 2 aliphatic heterocycles. The standard InChI is InChI=1S/C25H30F3N3O3S/c1-19-5-7-20(8-6-19)18-35(33,34)31-11-9-21(10-12-31)24(32)30-15-13-29(14-16-30)23-4-2-3-22(17-23)25(26,27)28/h2-8,17,21H,9-16,18H2,1H3. The Morgan fingerprint density at radius 3 is 2.17 bits per heavy atom. The maximum absolute atomic E-state index is 13.1. The van der Waals surface area contributed by atoms with Crippen molar-refractivity contribution in [3.05, 3.63) is 65.2 Å². The van der Waals surface area contributed by atoms with E-state index in [-0.39, 0.29) is 17.6 Å². The minimum Gasteiger partial charge on any atom is -0.368 e. The fourth-order valence-electron chi connectivity index (χ4n) is 4.69. The summed E-state index contributed by atoms with van der Waals surface area (Å²) in [6.45, 7) is 4.35. The number of carbonyl (C=O) groups excluding carboxylic acids is 1. The Hall–Kier alpha value is -2.59. The third-order valence-corrected chi connectivity index (χ3v) is 8.65. The molecular weight excluding hydrogens is 479 g/mol. The Morgan fingerprint density at radius 1 is 0.943 bits per heavy atom. The molecule has 6 nitrogen and oxygen atoms in total. The minimum atomic E-state index is -4.39. The zero-order valence-electron chi connectivity index (χ0n) is 19.7. The molecule has 0 atom stereocenters. The highest BCUT2D eigenvalue weighted by molar-refractivity contribution is 7.88. The van der Waals surface area contributed by atoms with E-state index in [1.54, 1.807) is 11.0 Å². The Morgan fingerprint density at radius 2 is 1.57 bits per heavy atom. The molecule has 0 N–H and O–H groups in total. The smallest absolute Gasteiger partial charge is 0.368 e. The van der Waals surface area contributed by atoms with E-state index >= 15 is 0 Å². The van der Waals surface area contributed by atoms with Crippen LogP contribution in [0.15, 0.2) is 48.5 Å². The van der Waals surface area contributed by atoms with Gasteiger partial charge in [0.25, 0.3) is 0 Å². The molecule has 35 heavy (non-hydrogen) atoms. The number of piperazine rings is 1. The molecule has 0 spiro atoms. The second kappa shape index (κ2) is 10.2. The molecule has 2 heterocycles. The van der Waals surface area contributed by atoms with Crippen molar-refractivity contribution in [3.63, 3.8) is 0 Å². The predicted octanol–water partition coefficient (Wildman–Crippen LogP) is 3.90. The van der Waals surface area contributed by atoms with Crippen molar-refractivity contribution in [3.8, 4) is 0 Å². The highest BCUT2D eigenvalue weighted by atomic mass is 32.2. The van der Waals surface area contributed by atoms with Gasteiger partial charge in [-0.3, -0.25) is 4.79 Å². The number of benzene rings is 2. The number of anilines is 1. The summed E-state index contributed by atoms with van der Waals surface area (Å²) in [5.41, 5.74) is 1.63. The first-order valence-electron chi connectivity index (χ1n) is 11.8. The molecule has 10 heteroatoms. The van der Waals surface area contributed by atoms with Gasteiger partial charge in [-0.1, -0.05) is 35.9 Å². The van der Waals surface area contributed by atoms with E-state index < -0.39 is 21.8 Å². The van der Waals surface area contributed by atoms with E-state index in [1.165, 1.54) is 10.4 Å². The lowest BCUT2D eigenvalue weighted by Gasteiger charge is -2.39. The van der Waals surface area contributed by atoms with Crippen molar-refractivity contribution >= 4 is 21.6 Å². The molecule has 0 saturated carbocycles. The van der Waals surface area contributed by atoms with Gasteiger partial charge in [0.15, 0.2) is 0 Å². The monoisotopic (exact) mass is 509 g/mol. The summed E-state index contributed by atoms with van der Waals surface area (Å²) in [5, 5.41) is 0. The molecule has 0 aromatic heterocycles. The van der Waals surface area contributed by atoms with E-state index in [4.69, 9.17) is 0 Å². The number of carbonyl (C=O) groups is 1. The van der Waals surface area contributed by atoms with Gasteiger partial charge in [-0.15, -0.1) is 0 Å². The van der Waals surface area contributed by atoms with Crippen LogP contribution in [-0.2, 0) is 26.7 Å². The molecular formula is C25H30F3N3O3S. The summed E-state index contributed by atoms with van der Waals surface area (Å²) < 4.78 is 66.2. The first kappa shape index (κ1) is 25.5. The number of alkyl halides is 3. The number of sulfonamides is 1. The molecule has 0 unspecified atom stereocenters. The Bertz CT molecular complexity index is 1140. The number of nitrogens with zero attached hydrogens (tertiary/aromatic N) is 3. The molecule has 2 aliphatic rings. The first-order valence-corrected chi connectivity index (χ1v) is 13.4. The molecule has 2 aromatic rings. The van der Waals surface area contributed by atoms with Gasteiger partial charge in [0, 0.05) is 50.9 Å². The lowest BCUT2D eigenvalue weighted by atomic mass is 9.96. The number of hydrogen-bond acceptors (Lipinski definition) is 4. The fourth-order valence-corrected chi connectivity index (χ4v) is 6.25. The van der Waals surface area contributed by atoms with Crippen molar-refractivity contribution in [2.45, 2.75) is 31.7 Å². The van der Waals surface area contributed by atoms with Crippen LogP contribution in [0.1, 0.15) is 29.5 Å². The lowest BCUT2D eigenvalue weighted by Crippen LogP contribution is -2.52. The third-order valence-electron chi connectivity index (χ3n) is 6.80. The molecule has 0 bridgehead atoms. The maximum atomic E-state index is 13.1. The fraction of sp³-hybridized carbons (Fsp3) is 0.480. The molecule has 0 aliphatic carbocycles. The Balaban J connectivity index is 1.28. The summed E-state index contributed by atoms with van der Waals surface area (Å²) in [4.78, 5) is 16.7. The highest BCUT2D eigenvalue weighted by Crippen LogP contribution is 2.32. The number of rotatable bonds is 5. The Kier molecular flexibility index (Phi) is 7.42. The Labute approximate surface area is 204 Å². The molecule has 190 valence electrons. The maximum Gasteiger partial charge on any atom is 0.416 e. The van der Waals surface area contributed by atoms with Gasteiger partial charge in [-0.25, -0.2) is 12.7 Å². The van der Waals surface area contributed by atoms with Crippen LogP contribution in [0.4, 0.5) is 18.9 Å². The minimum absolute atomic E-state index is 0.00396. The molecule has 0 radical (unpaired) electrons. The van der Waals surface area contributed by atoms with Crippen LogP contribution in [0.5, 0.6) is 0 Å². The molecule has 2 saturated heterocycles. The summed E-state index contributed by atoms with van der Waals surface area (Å²) in [6.07, 6.45) is -3.45. The zero-order chi connectivity index (χ0) is 25.2. The van der Waals surface area contributed by atoms with Crippen LogP contribution in [0.3, 0.4) is 0 Å². The van der Waals surface area contributed by atoms with Crippen LogP contribution >= 0.6 is 0 Å². The van der Waals surface area contributed by atoms with Crippen molar-refractivity contribution in [2.24, 2.45) is 5.92 Å². The van der Waals surface area contributed by atoms with Crippen molar-refractivity contribution < 1.29 is 26.4 Å². The number of amides is 1. The van der Waals surface area contributed by atoms with Crippen LogP contribution in [0, 0.1) is 12.8 Å². The predicted molar refractivity (Wildman–Crippen MR) is 128 cm³/mol. The van der Waals surface area contributed by atoms with Gasteiger partial charge in [0.1, 0.15) is 0 Å². The van der Waals surface area contributed by atoms with Gasteiger partial charge in [0.05, 0.1) is 11.3 Å². The van der Waals surface area contributed by atoms with E-state index in [2.05, 4.69) is 0 Å². The van der Waals surface area contributed by atoms with Crippen molar-refractivity contribution in [2.75, 3.05) is 44.2 Å².